The Morgan fingerprint density at radius 3 is 2.79 bits per heavy atom. The van der Waals surface area contributed by atoms with Gasteiger partial charge in [-0.3, -0.25) is 0 Å². The number of likely N-dealkylation sites (N-methyl/N-ethyl adjacent to an activating group) is 1. The molecule has 0 bridgehead atoms. The van der Waals surface area contributed by atoms with Gasteiger partial charge in [-0.05, 0) is 64.0 Å². The summed E-state index contributed by atoms with van der Waals surface area (Å²) >= 11 is 1.82. The minimum Gasteiger partial charge on any atom is -0.444 e. The minimum atomic E-state index is -0.441. The Kier molecular flexibility index (Phi) is 3.65. The van der Waals surface area contributed by atoms with Gasteiger partial charge in [-0.15, -0.1) is 11.3 Å². The van der Waals surface area contributed by atoms with E-state index in [2.05, 4.69) is 18.4 Å². The largest absolute Gasteiger partial charge is 0.444 e. The van der Waals surface area contributed by atoms with E-state index in [-0.39, 0.29) is 11.6 Å². The van der Waals surface area contributed by atoms with Gasteiger partial charge in [0.05, 0.1) is 0 Å². The maximum Gasteiger partial charge on any atom is 0.410 e. The predicted molar refractivity (Wildman–Crippen MR) is 78.7 cm³/mol. The first-order valence-electron chi connectivity index (χ1n) is 6.73. The number of fused-ring (bicyclic) bond motifs is 1. The topological polar surface area (TPSA) is 29.5 Å². The van der Waals surface area contributed by atoms with Gasteiger partial charge >= 0.3 is 6.09 Å². The van der Waals surface area contributed by atoms with Crippen LogP contribution in [0.1, 0.15) is 44.6 Å². The summed E-state index contributed by atoms with van der Waals surface area (Å²) in [6.45, 7) is 7.86. The Bertz CT molecular complexity index is 475. The summed E-state index contributed by atoms with van der Waals surface area (Å²) in [6, 6.07) is 2.18. The van der Waals surface area contributed by atoms with Crippen molar-refractivity contribution in [3.63, 3.8) is 0 Å². The van der Waals surface area contributed by atoms with E-state index in [1.165, 1.54) is 10.4 Å². The summed E-state index contributed by atoms with van der Waals surface area (Å²) in [5.74, 6) is 0. The van der Waals surface area contributed by atoms with Crippen LogP contribution in [-0.4, -0.2) is 29.2 Å². The molecule has 0 saturated heterocycles. The van der Waals surface area contributed by atoms with Crippen molar-refractivity contribution in [1.82, 2.24) is 4.90 Å². The lowest BCUT2D eigenvalue weighted by Crippen LogP contribution is -2.52. The smallest absolute Gasteiger partial charge is 0.410 e. The fraction of sp³-hybridized carbons (Fsp3) is 0.667. The minimum absolute atomic E-state index is 0.142. The monoisotopic (exact) mass is 281 g/mol. The number of hydrogen-bond acceptors (Lipinski definition) is 3. The highest BCUT2D eigenvalue weighted by Gasteiger charge is 2.38. The van der Waals surface area contributed by atoms with Crippen molar-refractivity contribution in [2.45, 2.75) is 58.1 Å². The summed E-state index contributed by atoms with van der Waals surface area (Å²) in [6.07, 6.45) is 2.74. The van der Waals surface area contributed by atoms with Crippen LogP contribution in [0.3, 0.4) is 0 Å². The van der Waals surface area contributed by atoms with Crippen LogP contribution in [-0.2, 0) is 17.6 Å². The summed E-state index contributed by atoms with van der Waals surface area (Å²) in [5.41, 5.74) is 0.800. The van der Waals surface area contributed by atoms with Gasteiger partial charge in [0.15, 0.2) is 0 Å². The molecule has 0 radical (unpaired) electrons. The Morgan fingerprint density at radius 2 is 2.16 bits per heavy atom. The number of aryl methyl sites for hydroxylation is 1. The Morgan fingerprint density at radius 1 is 1.47 bits per heavy atom. The number of carbonyl (C=O) groups is 1. The normalized spacial score (nSPS) is 22.8. The van der Waals surface area contributed by atoms with Crippen molar-refractivity contribution in [3.05, 3.63) is 21.9 Å². The van der Waals surface area contributed by atoms with E-state index in [1.807, 2.05) is 39.2 Å². The second-order valence-electron chi connectivity index (χ2n) is 6.58. The standard InChI is InChI=1S/C15H23NO2S/c1-14(2,3)18-13(17)16(5)15(4)8-6-12-11(10-15)7-9-19-12/h7,9H,6,8,10H2,1-5H3. The highest BCUT2D eigenvalue weighted by molar-refractivity contribution is 7.10. The quantitative estimate of drug-likeness (QED) is 0.782. The lowest BCUT2D eigenvalue weighted by molar-refractivity contribution is 0.00563. The van der Waals surface area contributed by atoms with Gasteiger partial charge in [0.25, 0.3) is 0 Å². The van der Waals surface area contributed by atoms with Crippen LogP contribution in [0, 0.1) is 0 Å². The van der Waals surface area contributed by atoms with Crippen molar-refractivity contribution in [3.8, 4) is 0 Å². The number of ether oxygens (including phenoxy) is 1. The highest BCUT2D eigenvalue weighted by atomic mass is 32.1. The van der Waals surface area contributed by atoms with Crippen molar-refractivity contribution in [1.29, 1.82) is 0 Å². The third-order valence-electron chi connectivity index (χ3n) is 3.78. The van der Waals surface area contributed by atoms with Crippen molar-refractivity contribution < 1.29 is 9.53 Å². The first-order chi connectivity index (χ1) is 8.71. The first-order valence-corrected chi connectivity index (χ1v) is 7.61. The number of amides is 1. The SMILES string of the molecule is CN(C(=O)OC(C)(C)C)C1(C)CCc2sccc2C1. The number of rotatable bonds is 1. The molecular formula is C15H23NO2S. The molecule has 1 amide bonds. The molecule has 1 unspecified atom stereocenters. The lowest BCUT2D eigenvalue weighted by atomic mass is 9.82. The van der Waals surface area contributed by atoms with Gasteiger partial charge in [-0.25, -0.2) is 4.79 Å². The first kappa shape index (κ1) is 14.4. The van der Waals surface area contributed by atoms with E-state index >= 15 is 0 Å². The molecule has 19 heavy (non-hydrogen) atoms. The fourth-order valence-corrected chi connectivity index (χ4v) is 3.37. The summed E-state index contributed by atoms with van der Waals surface area (Å²) < 4.78 is 5.48. The van der Waals surface area contributed by atoms with Crippen LogP contribution < -0.4 is 0 Å². The maximum atomic E-state index is 12.2. The zero-order valence-electron chi connectivity index (χ0n) is 12.4. The molecule has 1 aromatic rings. The molecule has 0 aliphatic heterocycles. The number of carbonyl (C=O) groups excluding carboxylic acids is 1. The van der Waals surface area contributed by atoms with Crippen molar-refractivity contribution in [2.75, 3.05) is 7.05 Å². The predicted octanol–water partition coefficient (Wildman–Crippen LogP) is 3.86. The molecular weight excluding hydrogens is 258 g/mol. The third-order valence-corrected chi connectivity index (χ3v) is 4.80. The average molecular weight is 281 g/mol. The van der Waals surface area contributed by atoms with Crippen LogP contribution in [0.4, 0.5) is 4.79 Å². The van der Waals surface area contributed by atoms with E-state index in [9.17, 15) is 4.79 Å². The number of nitrogens with zero attached hydrogens (tertiary/aromatic N) is 1. The second-order valence-corrected chi connectivity index (χ2v) is 7.58. The van der Waals surface area contributed by atoms with Crippen LogP contribution in [0.25, 0.3) is 0 Å². The molecule has 2 rings (SSSR count). The van der Waals surface area contributed by atoms with Crippen LogP contribution >= 0.6 is 11.3 Å². The molecule has 1 aliphatic rings. The van der Waals surface area contributed by atoms with E-state index in [0.717, 1.165) is 19.3 Å². The van der Waals surface area contributed by atoms with E-state index in [0.29, 0.717) is 0 Å². The van der Waals surface area contributed by atoms with Gasteiger partial charge in [0.1, 0.15) is 5.60 Å². The molecule has 4 heteroatoms. The highest BCUT2D eigenvalue weighted by Crippen LogP contribution is 2.35. The van der Waals surface area contributed by atoms with Crippen molar-refractivity contribution >= 4 is 17.4 Å². The molecule has 1 atom stereocenters. The van der Waals surface area contributed by atoms with Crippen LogP contribution in [0.2, 0.25) is 0 Å². The second kappa shape index (κ2) is 4.82. The molecule has 106 valence electrons. The maximum absolute atomic E-state index is 12.2. The Labute approximate surface area is 119 Å². The molecule has 0 aromatic carbocycles. The molecule has 1 aromatic heterocycles. The molecule has 3 nitrogen and oxygen atoms in total. The Balaban J connectivity index is 2.11. The molecule has 0 spiro atoms. The van der Waals surface area contributed by atoms with Gasteiger partial charge in [0, 0.05) is 17.5 Å². The van der Waals surface area contributed by atoms with Gasteiger partial charge in [-0.2, -0.15) is 0 Å². The van der Waals surface area contributed by atoms with Crippen LogP contribution in [0.15, 0.2) is 11.4 Å². The zero-order chi connectivity index (χ0) is 14.3. The summed E-state index contributed by atoms with van der Waals surface area (Å²) in [4.78, 5) is 15.5. The van der Waals surface area contributed by atoms with E-state index in [1.54, 1.807) is 4.90 Å². The molecule has 0 N–H and O–H groups in total. The Hall–Kier alpha value is -1.03. The van der Waals surface area contributed by atoms with E-state index < -0.39 is 5.60 Å². The van der Waals surface area contributed by atoms with Crippen molar-refractivity contribution in [2.24, 2.45) is 0 Å². The molecule has 1 heterocycles. The van der Waals surface area contributed by atoms with Gasteiger partial charge in [0.2, 0.25) is 0 Å². The van der Waals surface area contributed by atoms with Gasteiger partial charge in [-0.1, -0.05) is 0 Å². The average Bonchev–Trinajstić information content (AvgIpc) is 2.72. The number of hydrogen-bond donors (Lipinski definition) is 0. The van der Waals surface area contributed by atoms with Crippen LogP contribution in [0.5, 0.6) is 0 Å². The number of thiophene rings is 1. The zero-order valence-corrected chi connectivity index (χ0v) is 13.3. The van der Waals surface area contributed by atoms with E-state index in [4.69, 9.17) is 4.74 Å². The molecule has 0 saturated carbocycles. The molecule has 1 aliphatic carbocycles. The molecule has 0 fully saturated rings. The summed E-state index contributed by atoms with van der Waals surface area (Å²) in [7, 11) is 1.85. The fourth-order valence-electron chi connectivity index (χ4n) is 2.46. The lowest BCUT2D eigenvalue weighted by Gasteiger charge is -2.42. The third kappa shape index (κ3) is 3.11. The summed E-state index contributed by atoms with van der Waals surface area (Å²) in [5, 5.41) is 2.14. The van der Waals surface area contributed by atoms with Gasteiger partial charge < -0.3 is 9.64 Å².